The third-order valence-electron chi connectivity index (χ3n) is 3.99. The van der Waals surface area contributed by atoms with E-state index in [0.29, 0.717) is 28.8 Å². The van der Waals surface area contributed by atoms with E-state index in [2.05, 4.69) is 11.1 Å². The molecule has 0 aliphatic heterocycles. The predicted octanol–water partition coefficient (Wildman–Crippen LogP) is 4.83. The summed E-state index contributed by atoms with van der Waals surface area (Å²) < 4.78 is 5.54. The van der Waals surface area contributed by atoms with Crippen LogP contribution in [0.3, 0.4) is 0 Å². The van der Waals surface area contributed by atoms with Gasteiger partial charge in [0.05, 0.1) is 35.1 Å². The quantitative estimate of drug-likeness (QED) is 0.521. The van der Waals surface area contributed by atoms with Gasteiger partial charge in [-0.25, -0.2) is 4.98 Å². The number of halogens is 1. The highest BCUT2D eigenvalue weighted by molar-refractivity contribution is 8.00. The van der Waals surface area contributed by atoms with Crippen molar-refractivity contribution in [1.82, 2.24) is 9.88 Å². The summed E-state index contributed by atoms with van der Waals surface area (Å²) in [4.78, 5) is 19.7. The second-order valence-corrected chi connectivity index (χ2v) is 7.57. The van der Waals surface area contributed by atoms with Crippen molar-refractivity contribution in [2.75, 3.05) is 5.75 Å². The number of benzene rings is 2. The van der Waals surface area contributed by atoms with E-state index >= 15 is 0 Å². The Bertz CT molecular complexity index is 995. The van der Waals surface area contributed by atoms with Crippen LogP contribution in [0.25, 0.3) is 0 Å². The zero-order valence-electron chi connectivity index (χ0n) is 15.3. The highest BCUT2D eigenvalue weighted by atomic mass is 35.5. The van der Waals surface area contributed by atoms with Crippen molar-refractivity contribution in [3.05, 3.63) is 82.5 Å². The number of aromatic nitrogens is 1. The van der Waals surface area contributed by atoms with E-state index in [-0.39, 0.29) is 18.2 Å². The maximum Gasteiger partial charge on any atom is 0.233 e. The number of aryl methyl sites for hydroxylation is 1. The molecule has 5 nitrogen and oxygen atoms in total. The smallest absolute Gasteiger partial charge is 0.233 e. The largest absolute Gasteiger partial charge is 0.444 e. The molecule has 0 aliphatic carbocycles. The van der Waals surface area contributed by atoms with E-state index in [1.165, 1.54) is 11.8 Å². The highest BCUT2D eigenvalue weighted by Gasteiger charge is 2.18. The van der Waals surface area contributed by atoms with Crippen molar-refractivity contribution in [2.24, 2.45) is 0 Å². The minimum Gasteiger partial charge on any atom is -0.444 e. The molecule has 28 heavy (non-hydrogen) atoms. The Morgan fingerprint density at radius 3 is 2.61 bits per heavy atom. The molecule has 0 N–H and O–H groups in total. The molecule has 7 heteroatoms. The van der Waals surface area contributed by atoms with Crippen LogP contribution in [-0.4, -0.2) is 21.5 Å². The molecule has 1 heterocycles. The molecule has 1 aromatic heterocycles. The number of oxazole rings is 1. The van der Waals surface area contributed by atoms with Gasteiger partial charge >= 0.3 is 0 Å². The van der Waals surface area contributed by atoms with Crippen molar-refractivity contribution in [2.45, 2.75) is 24.9 Å². The third-order valence-corrected chi connectivity index (χ3v) is 5.49. The van der Waals surface area contributed by atoms with Crippen LogP contribution in [0.2, 0.25) is 5.02 Å². The Kier molecular flexibility index (Phi) is 6.75. The molecule has 0 saturated heterocycles. The van der Waals surface area contributed by atoms with Crippen molar-refractivity contribution in [1.29, 1.82) is 5.26 Å². The van der Waals surface area contributed by atoms with Crippen molar-refractivity contribution >= 4 is 29.3 Å². The lowest BCUT2D eigenvalue weighted by molar-refractivity contribution is -0.129. The average Bonchev–Trinajstić information content (AvgIpc) is 3.12. The van der Waals surface area contributed by atoms with Gasteiger partial charge in [-0.1, -0.05) is 35.9 Å². The number of nitriles is 1. The molecule has 0 unspecified atom stereocenters. The summed E-state index contributed by atoms with van der Waals surface area (Å²) in [6, 6.07) is 16.7. The molecule has 3 rings (SSSR count). The number of amides is 1. The fraction of sp³-hybridized carbons (Fsp3) is 0.190. The van der Waals surface area contributed by atoms with Gasteiger partial charge in [0.1, 0.15) is 5.76 Å². The Balaban J connectivity index is 1.73. The van der Waals surface area contributed by atoms with Gasteiger partial charge in [0.15, 0.2) is 0 Å². The molecule has 0 aliphatic rings. The molecule has 0 fully saturated rings. The third kappa shape index (κ3) is 5.38. The van der Waals surface area contributed by atoms with Gasteiger partial charge in [0.25, 0.3) is 0 Å². The second-order valence-electron chi connectivity index (χ2n) is 6.14. The van der Waals surface area contributed by atoms with Gasteiger partial charge < -0.3 is 9.32 Å². The highest BCUT2D eigenvalue weighted by Crippen LogP contribution is 2.27. The van der Waals surface area contributed by atoms with E-state index in [1.54, 1.807) is 29.3 Å². The van der Waals surface area contributed by atoms with Crippen LogP contribution in [0.4, 0.5) is 0 Å². The Labute approximate surface area is 172 Å². The molecule has 0 radical (unpaired) electrons. The van der Waals surface area contributed by atoms with Gasteiger partial charge in [-0.05, 0) is 36.8 Å². The normalized spacial score (nSPS) is 10.5. The summed E-state index contributed by atoms with van der Waals surface area (Å²) in [5.74, 6) is 1.39. The fourth-order valence-corrected chi connectivity index (χ4v) is 3.71. The van der Waals surface area contributed by atoms with E-state index in [9.17, 15) is 4.79 Å². The second kappa shape index (κ2) is 9.45. The first-order valence-electron chi connectivity index (χ1n) is 8.60. The number of carbonyl (C=O) groups is 1. The SMILES string of the molecule is Cc1cnc(CN(Cc2ccc(C#N)cc2)C(=O)CSc2ccccc2Cl)o1. The molecule has 0 spiro atoms. The molecule has 3 aromatic rings. The summed E-state index contributed by atoms with van der Waals surface area (Å²) in [5.41, 5.74) is 1.51. The van der Waals surface area contributed by atoms with E-state index in [0.717, 1.165) is 10.5 Å². The van der Waals surface area contributed by atoms with Gasteiger partial charge in [0.2, 0.25) is 11.8 Å². The number of hydrogen-bond acceptors (Lipinski definition) is 5. The molecular formula is C21H18ClN3O2S. The lowest BCUT2D eigenvalue weighted by atomic mass is 10.1. The number of nitrogens with zero attached hydrogens (tertiary/aromatic N) is 3. The summed E-state index contributed by atoms with van der Waals surface area (Å²) >= 11 is 7.58. The van der Waals surface area contributed by atoms with E-state index in [4.69, 9.17) is 21.3 Å². The first-order valence-corrected chi connectivity index (χ1v) is 9.97. The number of carbonyl (C=O) groups excluding carboxylic acids is 1. The number of hydrogen-bond donors (Lipinski definition) is 0. The van der Waals surface area contributed by atoms with Crippen LogP contribution >= 0.6 is 23.4 Å². The fourth-order valence-electron chi connectivity index (χ4n) is 2.57. The predicted molar refractivity (Wildman–Crippen MR) is 109 cm³/mol. The van der Waals surface area contributed by atoms with Crippen LogP contribution in [0, 0.1) is 18.3 Å². The summed E-state index contributed by atoms with van der Waals surface area (Å²) in [6.07, 6.45) is 1.64. The summed E-state index contributed by atoms with van der Waals surface area (Å²) in [6.45, 7) is 2.49. The number of rotatable bonds is 7. The van der Waals surface area contributed by atoms with E-state index < -0.39 is 0 Å². The minimum atomic E-state index is -0.0508. The minimum absolute atomic E-state index is 0.0508. The molecule has 0 bridgehead atoms. The lowest BCUT2D eigenvalue weighted by Gasteiger charge is -2.21. The monoisotopic (exact) mass is 411 g/mol. The summed E-state index contributed by atoms with van der Waals surface area (Å²) in [5, 5.41) is 9.57. The van der Waals surface area contributed by atoms with Gasteiger partial charge in [-0.15, -0.1) is 11.8 Å². The molecule has 0 atom stereocenters. The maximum absolute atomic E-state index is 12.9. The molecule has 0 saturated carbocycles. The first-order chi connectivity index (χ1) is 13.5. The Hall–Kier alpha value is -2.75. The van der Waals surface area contributed by atoms with Crippen LogP contribution in [0.5, 0.6) is 0 Å². The zero-order chi connectivity index (χ0) is 19.9. The van der Waals surface area contributed by atoms with Crippen LogP contribution in [-0.2, 0) is 17.9 Å². The summed E-state index contributed by atoms with van der Waals surface area (Å²) in [7, 11) is 0. The van der Waals surface area contributed by atoms with Crippen molar-refractivity contribution < 1.29 is 9.21 Å². The molecule has 142 valence electrons. The van der Waals surface area contributed by atoms with E-state index in [1.807, 2.05) is 37.3 Å². The van der Waals surface area contributed by atoms with Gasteiger partial charge in [-0.3, -0.25) is 4.79 Å². The van der Waals surface area contributed by atoms with Crippen molar-refractivity contribution in [3.8, 4) is 6.07 Å². The van der Waals surface area contributed by atoms with Crippen LogP contribution < -0.4 is 0 Å². The lowest BCUT2D eigenvalue weighted by Crippen LogP contribution is -2.31. The average molecular weight is 412 g/mol. The molecule has 2 aromatic carbocycles. The van der Waals surface area contributed by atoms with Crippen LogP contribution in [0.15, 0.2) is 64.0 Å². The Morgan fingerprint density at radius 1 is 1.21 bits per heavy atom. The van der Waals surface area contributed by atoms with Crippen molar-refractivity contribution in [3.63, 3.8) is 0 Å². The first kappa shape index (κ1) is 20.0. The Morgan fingerprint density at radius 2 is 1.96 bits per heavy atom. The van der Waals surface area contributed by atoms with Gasteiger partial charge in [0, 0.05) is 11.4 Å². The topological polar surface area (TPSA) is 70.1 Å². The van der Waals surface area contributed by atoms with Gasteiger partial charge in [-0.2, -0.15) is 5.26 Å². The van der Waals surface area contributed by atoms with Crippen LogP contribution in [0.1, 0.15) is 22.8 Å². The molecule has 1 amide bonds. The standard InChI is InChI=1S/C21H18ClN3O2S/c1-15-11-24-20(27-15)13-25(12-17-8-6-16(10-23)7-9-17)21(26)14-28-19-5-3-2-4-18(19)22/h2-9,11H,12-14H2,1H3. The maximum atomic E-state index is 12.9. The zero-order valence-corrected chi connectivity index (χ0v) is 16.8. The number of thioether (sulfide) groups is 1. The molecular weight excluding hydrogens is 394 g/mol.